The third-order valence-corrected chi connectivity index (χ3v) is 3.58. The molecule has 0 saturated carbocycles. The minimum absolute atomic E-state index is 0.179. The Morgan fingerprint density at radius 1 is 1.35 bits per heavy atom. The number of rotatable bonds is 3. The van der Waals surface area contributed by atoms with Crippen LogP contribution in [0.3, 0.4) is 0 Å². The van der Waals surface area contributed by atoms with Gasteiger partial charge >= 0.3 is 6.03 Å². The summed E-state index contributed by atoms with van der Waals surface area (Å²) >= 11 is 0. The van der Waals surface area contributed by atoms with Crippen LogP contribution in [0.25, 0.3) is 0 Å². The number of nitrogens with one attached hydrogen (secondary N) is 1. The number of aliphatic imine (C=N–C) groups is 1. The zero-order chi connectivity index (χ0) is 14.1. The number of hydrogen-bond donors (Lipinski definition) is 1. The number of nitrogens with zero attached hydrogens (tertiary/aromatic N) is 2. The summed E-state index contributed by atoms with van der Waals surface area (Å²) in [7, 11) is 1.59. The van der Waals surface area contributed by atoms with Gasteiger partial charge in [0.15, 0.2) is 0 Å². The summed E-state index contributed by atoms with van der Waals surface area (Å²) in [5.74, 6) is 0.506. The first-order chi connectivity index (χ1) is 9.69. The van der Waals surface area contributed by atoms with Gasteiger partial charge in [-0.2, -0.15) is 0 Å². The second-order valence-electron chi connectivity index (χ2n) is 4.84. The van der Waals surface area contributed by atoms with E-state index in [0.717, 1.165) is 11.3 Å². The summed E-state index contributed by atoms with van der Waals surface area (Å²) in [6.45, 7) is 0.243. The molecule has 3 rings (SSSR count). The molecular formula is C14H15N3O3. The Balaban J connectivity index is 1.76. The minimum atomic E-state index is -0.467. The fourth-order valence-corrected chi connectivity index (χ4v) is 2.45. The van der Waals surface area contributed by atoms with E-state index >= 15 is 0 Å². The van der Waals surface area contributed by atoms with E-state index in [-0.39, 0.29) is 24.5 Å². The van der Waals surface area contributed by atoms with Gasteiger partial charge in [0.1, 0.15) is 11.8 Å². The zero-order valence-corrected chi connectivity index (χ0v) is 11.1. The van der Waals surface area contributed by atoms with E-state index in [9.17, 15) is 9.59 Å². The smallest absolute Gasteiger partial charge is 0.324 e. The van der Waals surface area contributed by atoms with E-state index in [1.54, 1.807) is 25.5 Å². The highest BCUT2D eigenvalue weighted by Gasteiger charge is 2.42. The molecule has 3 amide bonds. The fourth-order valence-electron chi connectivity index (χ4n) is 2.45. The third-order valence-electron chi connectivity index (χ3n) is 3.58. The number of imide groups is 1. The molecule has 0 radical (unpaired) electrons. The molecule has 1 saturated heterocycles. The second kappa shape index (κ2) is 4.96. The van der Waals surface area contributed by atoms with Crippen molar-refractivity contribution in [2.45, 2.75) is 25.0 Å². The van der Waals surface area contributed by atoms with Crippen LogP contribution in [-0.2, 0) is 11.3 Å². The highest BCUT2D eigenvalue weighted by Crippen LogP contribution is 2.21. The Bertz CT molecular complexity index is 568. The quantitative estimate of drug-likeness (QED) is 0.891. The van der Waals surface area contributed by atoms with Crippen LogP contribution in [-0.4, -0.2) is 42.2 Å². The lowest BCUT2D eigenvalue weighted by atomic mass is 10.0. The molecule has 2 aliphatic rings. The lowest BCUT2D eigenvalue weighted by Gasteiger charge is -2.32. The number of carbonyl (C=O) groups is 2. The van der Waals surface area contributed by atoms with Crippen LogP contribution in [0.2, 0.25) is 0 Å². The molecule has 104 valence electrons. The molecule has 0 bridgehead atoms. The predicted octanol–water partition coefficient (Wildman–Crippen LogP) is 0.959. The summed E-state index contributed by atoms with van der Waals surface area (Å²) in [6.07, 6.45) is 2.32. The number of methoxy groups -OCH3 is 1. The van der Waals surface area contributed by atoms with E-state index in [2.05, 4.69) is 10.3 Å². The van der Waals surface area contributed by atoms with Gasteiger partial charge in [-0.05, 0) is 17.7 Å². The molecule has 6 nitrogen and oxygen atoms in total. The average Bonchev–Trinajstić information content (AvgIpc) is 2.92. The Hall–Kier alpha value is -2.37. The van der Waals surface area contributed by atoms with Gasteiger partial charge in [0.05, 0.1) is 19.7 Å². The van der Waals surface area contributed by atoms with Crippen LogP contribution >= 0.6 is 0 Å². The molecular weight excluding hydrogens is 258 g/mol. The molecule has 2 atom stereocenters. The molecule has 0 unspecified atom stereocenters. The molecule has 2 heterocycles. The van der Waals surface area contributed by atoms with Crippen LogP contribution in [0, 0.1) is 0 Å². The monoisotopic (exact) mass is 273 g/mol. The molecule has 1 N–H and O–H groups in total. The number of fused-ring (bicyclic) bond motifs is 1. The highest BCUT2D eigenvalue weighted by atomic mass is 16.5. The Morgan fingerprint density at radius 3 is 2.80 bits per heavy atom. The van der Waals surface area contributed by atoms with Crippen molar-refractivity contribution < 1.29 is 14.3 Å². The van der Waals surface area contributed by atoms with Crippen LogP contribution in [0.15, 0.2) is 29.3 Å². The Kier molecular flexibility index (Phi) is 3.14. The maximum atomic E-state index is 12.3. The topological polar surface area (TPSA) is 71.0 Å². The van der Waals surface area contributed by atoms with Crippen molar-refractivity contribution in [3.8, 4) is 5.75 Å². The van der Waals surface area contributed by atoms with Gasteiger partial charge in [0.25, 0.3) is 5.91 Å². The number of benzene rings is 1. The van der Waals surface area contributed by atoms with Crippen molar-refractivity contribution in [2.75, 3.05) is 7.11 Å². The van der Waals surface area contributed by atoms with Gasteiger partial charge < -0.3 is 10.1 Å². The van der Waals surface area contributed by atoms with Crippen LogP contribution < -0.4 is 10.1 Å². The summed E-state index contributed by atoms with van der Waals surface area (Å²) in [4.78, 5) is 29.6. The lowest BCUT2D eigenvalue weighted by Crippen LogP contribution is -2.60. The Morgan fingerprint density at radius 2 is 2.10 bits per heavy atom. The van der Waals surface area contributed by atoms with Crippen molar-refractivity contribution in [3.63, 3.8) is 0 Å². The van der Waals surface area contributed by atoms with Crippen molar-refractivity contribution in [2.24, 2.45) is 4.99 Å². The zero-order valence-electron chi connectivity index (χ0n) is 11.1. The van der Waals surface area contributed by atoms with Crippen LogP contribution in [0.4, 0.5) is 4.79 Å². The minimum Gasteiger partial charge on any atom is -0.497 e. The lowest BCUT2D eigenvalue weighted by molar-refractivity contribution is -0.131. The van der Waals surface area contributed by atoms with E-state index in [0.29, 0.717) is 6.42 Å². The van der Waals surface area contributed by atoms with Crippen LogP contribution in [0.1, 0.15) is 12.0 Å². The van der Waals surface area contributed by atoms with Gasteiger partial charge in [-0.15, -0.1) is 0 Å². The molecule has 1 aromatic rings. The van der Waals surface area contributed by atoms with Crippen LogP contribution in [0.5, 0.6) is 5.75 Å². The standard InChI is InChI=1S/C14H15N3O3/c1-20-10-4-2-9(3-5-10)8-17-13(18)12-11(6-7-15-12)16-14(17)19/h2-5,7,11-12H,6,8H2,1H3,(H,16,19)/t11-,12-/m1/s1. The molecule has 2 aliphatic heterocycles. The van der Waals surface area contributed by atoms with Gasteiger partial charge in [-0.3, -0.25) is 14.7 Å². The normalized spacial score (nSPS) is 24.6. The molecule has 0 aliphatic carbocycles. The molecule has 6 heteroatoms. The third kappa shape index (κ3) is 2.13. The van der Waals surface area contributed by atoms with E-state index in [1.807, 2.05) is 12.1 Å². The Labute approximate surface area is 116 Å². The summed E-state index contributed by atoms with van der Waals surface area (Å²) in [5, 5.41) is 2.82. The molecule has 0 spiro atoms. The average molecular weight is 273 g/mol. The fraction of sp³-hybridized carbons (Fsp3) is 0.357. The van der Waals surface area contributed by atoms with Crippen molar-refractivity contribution in [3.05, 3.63) is 29.8 Å². The molecule has 0 aromatic heterocycles. The molecule has 1 aromatic carbocycles. The number of hydrogen-bond acceptors (Lipinski definition) is 4. The van der Waals surface area contributed by atoms with Gasteiger partial charge in [-0.1, -0.05) is 12.1 Å². The van der Waals surface area contributed by atoms with E-state index in [4.69, 9.17) is 4.74 Å². The first kappa shape index (κ1) is 12.7. The van der Waals surface area contributed by atoms with E-state index < -0.39 is 6.04 Å². The SMILES string of the molecule is COc1ccc(CN2C(=O)N[C@@H]3CC=N[C@H]3C2=O)cc1. The number of urea groups is 1. The maximum Gasteiger partial charge on any atom is 0.324 e. The van der Waals surface area contributed by atoms with Gasteiger partial charge in [0.2, 0.25) is 0 Å². The highest BCUT2D eigenvalue weighted by molar-refractivity contribution is 6.02. The maximum absolute atomic E-state index is 12.3. The largest absolute Gasteiger partial charge is 0.497 e. The predicted molar refractivity (Wildman–Crippen MR) is 72.8 cm³/mol. The summed E-state index contributed by atoms with van der Waals surface area (Å²) in [5.41, 5.74) is 0.870. The van der Waals surface area contributed by atoms with E-state index in [1.165, 1.54) is 4.90 Å². The van der Waals surface area contributed by atoms with Crippen molar-refractivity contribution in [1.29, 1.82) is 0 Å². The first-order valence-electron chi connectivity index (χ1n) is 6.45. The summed E-state index contributed by atoms with van der Waals surface area (Å²) in [6, 6.07) is 6.29. The number of ether oxygens (including phenoxy) is 1. The molecule has 20 heavy (non-hydrogen) atoms. The first-order valence-corrected chi connectivity index (χ1v) is 6.45. The van der Waals surface area contributed by atoms with Crippen molar-refractivity contribution >= 4 is 18.2 Å². The molecule has 1 fully saturated rings. The second-order valence-corrected chi connectivity index (χ2v) is 4.84. The van der Waals surface area contributed by atoms with Gasteiger partial charge in [-0.25, -0.2) is 4.79 Å². The van der Waals surface area contributed by atoms with Crippen molar-refractivity contribution in [1.82, 2.24) is 10.2 Å². The number of amides is 3. The summed E-state index contributed by atoms with van der Waals surface area (Å²) < 4.78 is 5.08. The van der Waals surface area contributed by atoms with Gasteiger partial charge in [0, 0.05) is 12.6 Å². The number of carbonyl (C=O) groups excluding carboxylic acids is 2.